The average Bonchev–Trinajstić information content (AvgIpc) is 2.36. The number of benzene rings is 1. The van der Waals surface area contributed by atoms with Crippen LogP contribution in [0.1, 0.15) is 0 Å². The fourth-order valence-electron chi connectivity index (χ4n) is 0.957. The number of hydrogen-bond donors (Lipinski definition) is 0. The molecule has 0 aliphatic heterocycles. The molecule has 1 aromatic heterocycles. The van der Waals surface area contributed by atoms with E-state index in [4.69, 9.17) is 0 Å². The van der Waals surface area contributed by atoms with E-state index in [1.54, 1.807) is 0 Å². The summed E-state index contributed by atoms with van der Waals surface area (Å²) in [5.41, 5.74) is 0. The van der Waals surface area contributed by atoms with E-state index >= 15 is 0 Å². The fourth-order valence-corrected chi connectivity index (χ4v) is 3.75. The zero-order valence-electron chi connectivity index (χ0n) is 5.17. The van der Waals surface area contributed by atoms with Crippen molar-refractivity contribution in [2.75, 3.05) is 0 Å². The van der Waals surface area contributed by atoms with E-state index in [1.165, 1.54) is 13.2 Å². The first-order chi connectivity index (χ1) is 4.88. The molecule has 0 aliphatic carbocycles. The zero-order chi connectivity index (χ0) is 6.97. The maximum atomic E-state index is 2.38. The van der Waals surface area contributed by atoms with Gasteiger partial charge in [-0.3, -0.25) is 0 Å². The second-order valence-corrected chi connectivity index (χ2v) is 5.22. The predicted molar refractivity (Wildman–Crippen MR) is 53.6 cm³/mol. The van der Waals surface area contributed by atoms with Crippen molar-refractivity contribution >= 4 is 46.7 Å². The quantitative estimate of drug-likeness (QED) is 0.518. The molecule has 0 amide bonds. The van der Waals surface area contributed by atoms with Gasteiger partial charge in [-0.15, -0.1) is 0 Å². The molecule has 10 heavy (non-hydrogen) atoms. The van der Waals surface area contributed by atoms with Gasteiger partial charge >= 0.3 is 79.5 Å². The molecule has 0 aliphatic rings. The van der Waals surface area contributed by atoms with Crippen molar-refractivity contribution in [3.8, 4) is 0 Å². The second-order valence-electron chi connectivity index (χ2n) is 2.07. The topological polar surface area (TPSA) is 0 Å². The molecule has 2 aromatic rings. The first kappa shape index (κ1) is 6.89. The molecule has 0 atom stereocenters. The molecule has 0 unspecified atom stereocenters. The van der Waals surface area contributed by atoms with Crippen molar-refractivity contribution in [1.82, 2.24) is 0 Å². The maximum absolute atomic E-state index is 2.38. The van der Waals surface area contributed by atoms with E-state index in [0.29, 0.717) is 14.5 Å². The van der Waals surface area contributed by atoms with E-state index in [1.807, 2.05) is 0 Å². The van der Waals surface area contributed by atoms with Crippen LogP contribution in [0.25, 0.3) is 9.65 Å². The number of rotatable bonds is 0. The molecular weight excluding hydrogens is 302 g/mol. The van der Waals surface area contributed by atoms with E-state index in [-0.39, 0.29) is 0 Å². The predicted octanol–water partition coefficient (Wildman–Crippen LogP) is 2.50. The third kappa shape index (κ3) is 1.04. The van der Waals surface area contributed by atoms with Gasteiger partial charge in [0.05, 0.1) is 0 Å². The van der Waals surface area contributed by atoms with E-state index in [9.17, 15) is 0 Å². The van der Waals surface area contributed by atoms with Crippen LogP contribution >= 0.6 is 22.6 Å². The van der Waals surface area contributed by atoms with Crippen LogP contribution in [0.4, 0.5) is 0 Å². The van der Waals surface area contributed by atoms with Gasteiger partial charge in [-0.05, 0) is 0 Å². The Morgan fingerprint density at radius 2 is 2.10 bits per heavy atom. The second kappa shape index (κ2) is 2.68. The molecule has 0 bridgehead atoms. The van der Waals surface area contributed by atoms with Crippen LogP contribution in [0.15, 0.2) is 29.2 Å². The number of fused-ring (bicyclic) bond motifs is 1. The zero-order valence-corrected chi connectivity index (χ0v) is 9.04. The molecule has 0 saturated carbocycles. The van der Waals surface area contributed by atoms with Gasteiger partial charge in [0.2, 0.25) is 0 Å². The SMILES string of the molecule is Ic1cccc2[se]ccc12. The van der Waals surface area contributed by atoms with E-state index < -0.39 is 0 Å². The number of halogens is 1. The Bertz CT molecular complexity index is 351. The number of hydrogen-bond acceptors (Lipinski definition) is 0. The van der Waals surface area contributed by atoms with E-state index in [0.717, 1.165) is 0 Å². The Morgan fingerprint density at radius 1 is 1.20 bits per heavy atom. The molecule has 1 heterocycles. The fraction of sp³-hybridized carbons (Fsp3) is 0. The molecule has 0 saturated heterocycles. The van der Waals surface area contributed by atoms with Crippen molar-refractivity contribution < 1.29 is 0 Å². The summed E-state index contributed by atoms with van der Waals surface area (Å²) in [4.78, 5) is 2.28. The van der Waals surface area contributed by atoms with Gasteiger partial charge in [0, 0.05) is 0 Å². The summed E-state index contributed by atoms with van der Waals surface area (Å²) < 4.78 is 2.91. The molecule has 0 nitrogen and oxygen atoms in total. The molecule has 1 aromatic carbocycles. The van der Waals surface area contributed by atoms with E-state index in [2.05, 4.69) is 51.8 Å². The molecule has 2 heteroatoms. The van der Waals surface area contributed by atoms with Crippen molar-refractivity contribution in [1.29, 1.82) is 0 Å². The molecule has 50 valence electrons. The van der Waals surface area contributed by atoms with Crippen molar-refractivity contribution in [2.24, 2.45) is 0 Å². The van der Waals surface area contributed by atoms with Crippen molar-refractivity contribution in [3.05, 3.63) is 32.8 Å². The average molecular weight is 307 g/mol. The summed E-state index contributed by atoms with van der Waals surface area (Å²) in [5.74, 6) is 0. The Kier molecular flexibility index (Phi) is 1.85. The first-order valence-electron chi connectivity index (χ1n) is 2.99. The van der Waals surface area contributed by atoms with Crippen LogP contribution in [0.3, 0.4) is 0 Å². The van der Waals surface area contributed by atoms with Crippen molar-refractivity contribution in [2.45, 2.75) is 0 Å². The Morgan fingerprint density at radius 3 is 2.90 bits per heavy atom. The van der Waals surface area contributed by atoms with Gasteiger partial charge < -0.3 is 0 Å². The third-order valence-electron chi connectivity index (χ3n) is 1.44. The third-order valence-corrected chi connectivity index (χ3v) is 4.23. The van der Waals surface area contributed by atoms with Gasteiger partial charge in [0.25, 0.3) is 0 Å². The first-order valence-corrected chi connectivity index (χ1v) is 5.92. The van der Waals surface area contributed by atoms with Crippen LogP contribution in [0.2, 0.25) is 0 Å². The summed E-state index contributed by atoms with van der Waals surface area (Å²) in [5, 5.41) is 1.45. The molecule has 0 fully saturated rings. The minimum atomic E-state index is 0.608. The molecule has 0 spiro atoms. The molecule has 2 rings (SSSR count). The summed E-state index contributed by atoms with van der Waals surface area (Å²) in [6.07, 6.45) is 0. The van der Waals surface area contributed by atoms with Crippen LogP contribution in [0.5, 0.6) is 0 Å². The van der Waals surface area contributed by atoms with Gasteiger partial charge in [-0.2, -0.15) is 0 Å². The van der Waals surface area contributed by atoms with Gasteiger partial charge in [0.1, 0.15) is 0 Å². The Balaban J connectivity index is 2.95. The summed E-state index contributed by atoms with van der Waals surface area (Å²) in [7, 11) is 0. The van der Waals surface area contributed by atoms with Gasteiger partial charge in [-0.25, -0.2) is 0 Å². The normalized spacial score (nSPS) is 10.5. The summed E-state index contributed by atoms with van der Waals surface area (Å²) >= 11 is 2.99. The molecular formula is C8H5ISe. The van der Waals surface area contributed by atoms with Crippen LogP contribution in [-0.4, -0.2) is 14.5 Å². The van der Waals surface area contributed by atoms with Gasteiger partial charge in [0.15, 0.2) is 0 Å². The van der Waals surface area contributed by atoms with Crippen LogP contribution in [0, 0.1) is 3.57 Å². The molecule has 0 radical (unpaired) electrons. The van der Waals surface area contributed by atoms with Crippen LogP contribution in [-0.2, 0) is 0 Å². The van der Waals surface area contributed by atoms with Crippen molar-refractivity contribution in [3.63, 3.8) is 0 Å². The summed E-state index contributed by atoms with van der Waals surface area (Å²) in [6, 6.07) is 8.75. The standard InChI is InChI=1S/C8H5ISe/c9-7-2-1-3-8-6(7)4-5-10-8/h1-5H. The Hall–Kier alpha value is 0.209. The monoisotopic (exact) mass is 308 g/mol. The summed E-state index contributed by atoms with van der Waals surface area (Å²) in [6.45, 7) is 0. The van der Waals surface area contributed by atoms with Crippen LogP contribution < -0.4 is 0 Å². The molecule has 0 N–H and O–H groups in total. The van der Waals surface area contributed by atoms with Gasteiger partial charge in [-0.1, -0.05) is 0 Å². The minimum absolute atomic E-state index is 0.608. The Labute approximate surface area is 79.1 Å².